The third-order valence-electron chi connectivity index (χ3n) is 3.84. The molecule has 3 N–H and O–H groups in total. The normalized spacial score (nSPS) is 13.0. The van der Waals surface area contributed by atoms with E-state index in [9.17, 15) is 19.5 Å². The molecule has 0 spiro atoms. The van der Waals surface area contributed by atoms with E-state index in [0.29, 0.717) is 11.4 Å². The van der Waals surface area contributed by atoms with E-state index < -0.39 is 23.6 Å². The van der Waals surface area contributed by atoms with Crippen LogP contribution in [-0.4, -0.2) is 41.1 Å². The van der Waals surface area contributed by atoms with Crippen molar-refractivity contribution in [1.82, 2.24) is 0 Å². The molecule has 1 amide bonds. The lowest BCUT2D eigenvalue weighted by Gasteiger charge is -2.29. The van der Waals surface area contributed by atoms with Gasteiger partial charge in [0.2, 0.25) is 5.91 Å². The first-order valence-electron chi connectivity index (χ1n) is 7.76. The Morgan fingerprint density at radius 3 is 2.73 bits per heavy atom. The molecule has 2 aromatic rings. The standard InChI is InChI=1S/C18H16N2O6/c1-10-2-5-15-13(6-10)20(9-17(23)26-15)8-16(22)19-11-3-4-14(21)12(7-11)18(24)25/h2-7,21H,8-9H2,1H3,(H,19,22)(H,24,25). The van der Waals surface area contributed by atoms with Gasteiger partial charge in [-0.1, -0.05) is 6.07 Å². The molecule has 2 aromatic carbocycles. The van der Waals surface area contributed by atoms with Crippen LogP contribution in [0.5, 0.6) is 11.5 Å². The topological polar surface area (TPSA) is 116 Å². The number of esters is 1. The Bertz CT molecular complexity index is 909. The van der Waals surface area contributed by atoms with E-state index in [1.165, 1.54) is 12.1 Å². The number of fused-ring (bicyclic) bond motifs is 1. The van der Waals surface area contributed by atoms with Gasteiger partial charge in [0.25, 0.3) is 0 Å². The van der Waals surface area contributed by atoms with Crippen molar-refractivity contribution in [3.63, 3.8) is 0 Å². The molecule has 3 rings (SSSR count). The van der Waals surface area contributed by atoms with Crippen LogP contribution in [0.4, 0.5) is 11.4 Å². The van der Waals surface area contributed by atoms with Crippen LogP contribution >= 0.6 is 0 Å². The number of aromatic carboxylic acids is 1. The van der Waals surface area contributed by atoms with Crippen molar-refractivity contribution in [2.75, 3.05) is 23.3 Å². The number of aromatic hydroxyl groups is 1. The predicted molar refractivity (Wildman–Crippen MR) is 92.7 cm³/mol. The summed E-state index contributed by atoms with van der Waals surface area (Å²) in [7, 11) is 0. The number of benzene rings is 2. The van der Waals surface area contributed by atoms with E-state index in [1.807, 2.05) is 13.0 Å². The number of carbonyl (C=O) groups is 3. The van der Waals surface area contributed by atoms with Crippen LogP contribution in [0.2, 0.25) is 0 Å². The molecule has 0 saturated carbocycles. The second-order valence-electron chi connectivity index (χ2n) is 5.89. The van der Waals surface area contributed by atoms with Crippen molar-refractivity contribution < 1.29 is 29.3 Å². The Balaban J connectivity index is 1.77. The zero-order valence-electron chi connectivity index (χ0n) is 13.9. The largest absolute Gasteiger partial charge is 0.507 e. The summed E-state index contributed by atoms with van der Waals surface area (Å²) < 4.78 is 5.17. The lowest BCUT2D eigenvalue weighted by Crippen LogP contribution is -2.41. The fourth-order valence-electron chi connectivity index (χ4n) is 2.66. The smallest absolute Gasteiger partial charge is 0.339 e. The van der Waals surface area contributed by atoms with E-state index >= 15 is 0 Å². The molecule has 0 atom stereocenters. The highest BCUT2D eigenvalue weighted by Crippen LogP contribution is 2.32. The third kappa shape index (κ3) is 3.59. The predicted octanol–water partition coefficient (Wildman–Crippen LogP) is 1.76. The van der Waals surface area contributed by atoms with Gasteiger partial charge in [-0.2, -0.15) is 0 Å². The van der Waals surface area contributed by atoms with Gasteiger partial charge in [-0.3, -0.25) is 4.79 Å². The minimum absolute atomic E-state index is 0.0696. The van der Waals surface area contributed by atoms with Crippen LogP contribution in [0.15, 0.2) is 36.4 Å². The summed E-state index contributed by atoms with van der Waals surface area (Å²) in [4.78, 5) is 36.7. The van der Waals surface area contributed by atoms with Gasteiger partial charge in [-0.05, 0) is 42.8 Å². The number of hydrogen-bond donors (Lipinski definition) is 3. The molecule has 134 valence electrons. The molecule has 0 aliphatic carbocycles. The maximum atomic E-state index is 12.3. The van der Waals surface area contributed by atoms with Gasteiger partial charge in [0.1, 0.15) is 17.9 Å². The number of carboxylic acid groups (broad SMARTS) is 1. The zero-order chi connectivity index (χ0) is 18.8. The molecule has 0 saturated heterocycles. The quantitative estimate of drug-likeness (QED) is 0.434. The minimum Gasteiger partial charge on any atom is -0.507 e. The number of hydrogen-bond acceptors (Lipinski definition) is 6. The zero-order valence-corrected chi connectivity index (χ0v) is 13.9. The molecule has 26 heavy (non-hydrogen) atoms. The van der Waals surface area contributed by atoms with Crippen LogP contribution in [-0.2, 0) is 9.59 Å². The highest BCUT2D eigenvalue weighted by Gasteiger charge is 2.25. The summed E-state index contributed by atoms with van der Waals surface area (Å²) in [5.41, 5.74) is 1.51. The van der Waals surface area contributed by atoms with E-state index in [-0.39, 0.29) is 24.3 Å². The first kappa shape index (κ1) is 17.3. The molecule has 1 aliphatic rings. The number of ether oxygens (including phenoxy) is 1. The molecule has 0 fully saturated rings. The van der Waals surface area contributed by atoms with Crippen LogP contribution < -0.4 is 15.0 Å². The first-order valence-corrected chi connectivity index (χ1v) is 7.76. The molecule has 1 heterocycles. The van der Waals surface area contributed by atoms with Crippen LogP contribution in [0.3, 0.4) is 0 Å². The maximum absolute atomic E-state index is 12.3. The van der Waals surface area contributed by atoms with Crippen molar-refractivity contribution in [3.05, 3.63) is 47.5 Å². The van der Waals surface area contributed by atoms with Crippen LogP contribution in [0.25, 0.3) is 0 Å². The summed E-state index contributed by atoms with van der Waals surface area (Å²) in [6.45, 7) is 1.70. The van der Waals surface area contributed by atoms with Gasteiger partial charge in [-0.15, -0.1) is 0 Å². The summed E-state index contributed by atoms with van der Waals surface area (Å²) in [6.07, 6.45) is 0. The number of carboxylic acids is 1. The van der Waals surface area contributed by atoms with Gasteiger partial charge in [0.05, 0.1) is 12.2 Å². The van der Waals surface area contributed by atoms with Crippen molar-refractivity contribution in [3.8, 4) is 11.5 Å². The highest BCUT2D eigenvalue weighted by molar-refractivity contribution is 5.98. The van der Waals surface area contributed by atoms with Crippen molar-refractivity contribution in [2.45, 2.75) is 6.92 Å². The number of nitrogens with one attached hydrogen (secondary N) is 1. The highest BCUT2D eigenvalue weighted by atomic mass is 16.5. The van der Waals surface area contributed by atoms with Crippen LogP contribution in [0.1, 0.15) is 15.9 Å². The Kier molecular flexibility index (Phi) is 4.49. The van der Waals surface area contributed by atoms with Gasteiger partial charge < -0.3 is 25.2 Å². The SMILES string of the molecule is Cc1ccc2c(c1)N(CC(=O)Nc1ccc(O)c(C(=O)O)c1)CC(=O)O2. The molecule has 8 nitrogen and oxygen atoms in total. The number of nitrogens with zero attached hydrogens (tertiary/aromatic N) is 1. The van der Waals surface area contributed by atoms with E-state index in [2.05, 4.69) is 5.32 Å². The number of amides is 1. The lowest BCUT2D eigenvalue weighted by atomic mass is 10.1. The maximum Gasteiger partial charge on any atom is 0.339 e. The molecule has 0 radical (unpaired) electrons. The first-order chi connectivity index (χ1) is 12.3. The Morgan fingerprint density at radius 1 is 1.23 bits per heavy atom. The van der Waals surface area contributed by atoms with Crippen molar-refractivity contribution in [1.29, 1.82) is 0 Å². The van der Waals surface area contributed by atoms with E-state index in [4.69, 9.17) is 9.84 Å². The number of anilines is 2. The summed E-state index contributed by atoms with van der Waals surface area (Å²) in [6, 6.07) is 9.04. The molecule has 8 heteroatoms. The molecule has 1 aliphatic heterocycles. The summed E-state index contributed by atoms with van der Waals surface area (Å²) in [5.74, 6) is -2.21. The minimum atomic E-state index is -1.30. The Morgan fingerprint density at radius 2 is 2.00 bits per heavy atom. The molecular weight excluding hydrogens is 340 g/mol. The van der Waals surface area contributed by atoms with Gasteiger partial charge in [0.15, 0.2) is 5.75 Å². The second-order valence-corrected chi connectivity index (χ2v) is 5.89. The second kappa shape index (κ2) is 6.75. The Labute approximate surface area is 148 Å². The number of carbonyl (C=O) groups excluding carboxylic acids is 2. The van der Waals surface area contributed by atoms with Crippen molar-refractivity contribution in [2.24, 2.45) is 0 Å². The van der Waals surface area contributed by atoms with Crippen LogP contribution in [0, 0.1) is 6.92 Å². The number of phenols is 1. The molecule has 0 unspecified atom stereocenters. The summed E-state index contributed by atoms with van der Waals surface area (Å²) >= 11 is 0. The van der Waals surface area contributed by atoms with E-state index in [0.717, 1.165) is 11.6 Å². The number of rotatable bonds is 4. The molecule has 0 aromatic heterocycles. The molecular formula is C18H16N2O6. The third-order valence-corrected chi connectivity index (χ3v) is 3.84. The molecule has 0 bridgehead atoms. The van der Waals surface area contributed by atoms with Crippen molar-refractivity contribution >= 4 is 29.2 Å². The average molecular weight is 356 g/mol. The monoisotopic (exact) mass is 356 g/mol. The lowest BCUT2D eigenvalue weighted by molar-refractivity contribution is -0.133. The Hall–Kier alpha value is -3.55. The fraction of sp³-hybridized carbons (Fsp3) is 0.167. The van der Waals surface area contributed by atoms with Gasteiger partial charge in [0, 0.05) is 5.69 Å². The van der Waals surface area contributed by atoms with Gasteiger partial charge >= 0.3 is 11.9 Å². The summed E-state index contributed by atoms with van der Waals surface area (Å²) in [5, 5.41) is 21.1. The fourth-order valence-corrected chi connectivity index (χ4v) is 2.66. The average Bonchev–Trinajstić information content (AvgIpc) is 2.57. The van der Waals surface area contributed by atoms with E-state index in [1.54, 1.807) is 17.0 Å². The van der Waals surface area contributed by atoms with Gasteiger partial charge in [-0.25, -0.2) is 9.59 Å². The number of aryl methyl sites for hydroxylation is 1.